The van der Waals surface area contributed by atoms with E-state index in [9.17, 15) is 0 Å². The average Bonchev–Trinajstić information content (AvgIpc) is 2.67. The van der Waals surface area contributed by atoms with E-state index in [1.807, 2.05) is 6.07 Å². The number of ether oxygens (including phenoxy) is 2. The maximum Gasteiger partial charge on any atom is 0.137 e. The maximum atomic E-state index is 5.77. The lowest BCUT2D eigenvalue weighted by molar-refractivity contribution is -0.422. The average molecular weight is 285 g/mol. The maximum absolute atomic E-state index is 5.77. The molecular formula is C12H15BrNO2+. The summed E-state index contributed by atoms with van der Waals surface area (Å²) in [6.45, 7) is 0.792. The van der Waals surface area contributed by atoms with Crippen molar-refractivity contribution in [1.82, 2.24) is 0 Å². The van der Waals surface area contributed by atoms with Crippen LogP contribution in [0, 0.1) is 0 Å². The third kappa shape index (κ3) is 1.36. The molecule has 16 heavy (non-hydrogen) atoms. The van der Waals surface area contributed by atoms with E-state index in [0.29, 0.717) is 12.0 Å². The lowest BCUT2D eigenvalue weighted by Crippen LogP contribution is -2.63. The second-order valence-electron chi connectivity index (χ2n) is 4.60. The number of quaternary nitrogens is 1. The standard InChI is InChI=1S/C12H14BrNO2/c1-15-10-4-9(13)12-11-6(5-16-12)2-7(14)3-8(10)11/h4,6-7H,2-3,5,14H2,1H3/p+1/t6-,7+/m0/s1. The van der Waals surface area contributed by atoms with Crippen molar-refractivity contribution in [2.24, 2.45) is 0 Å². The van der Waals surface area contributed by atoms with Crippen LogP contribution in [-0.2, 0) is 6.42 Å². The molecule has 0 saturated heterocycles. The molecule has 1 aliphatic carbocycles. The Morgan fingerprint density at radius 1 is 1.56 bits per heavy atom. The van der Waals surface area contributed by atoms with E-state index in [-0.39, 0.29) is 0 Å². The third-order valence-corrected chi connectivity index (χ3v) is 4.10. The van der Waals surface area contributed by atoms with E-state index in [1.54, 1.807) is 7.11 Å². The highest BCUT2D eigenvalue weighted by molar-refractivity contribution is 9.10. The van der Waals surface area contributed by atoms with Crippen LogP contribution >= 0.6 is 15.9 Å². The number of hydrogen-bond donors (Lipinski definition) is 1. The molecule has 1 aromatic carbocycles. The van der Waals surface area contributed by atoms with E-state index >= 15 is 0 Å². The van der Waals surface area contributed by atoms with Crippen LogP contribution in [0.4, 0.5) is 0 Å². The summed E-state index contributed by atoms with van der Waals surface area (Å²) in [4.78, 5) is 0. The van der Waals surface area contributed by atoms with Gasteiger partial charge in [-0.15, -0.1) is 0 Å². The summed E-state index contributed by atoms with van der Waals surface area (Å²) < 4.78 is 12.2. The second kappa shape index (κ2) is 3.64. The molecule has 4 heteroatoms. The summed E-state index contributed by atoms with van der Waals surface area (Å²) >= 11 is 3.55. The first-order valence-corrected chi connectivity index (χ1v) is 6.35. The van der Waals surface area contributed by atoms with Gasteiger partial charge in [0.25, 0.3) is 0 Å². The molecule has 0 unspecified atom stereocenters. The van der Waals surface area contributed by atoms with Crippen molar-refractivity contribution >= 4 is 15.9 Å². The fraction of sp³-hybridized carbons (Fsp3) is 0.500. The van der Waals surface area contributed by atoms with Gasteiger partial charge in [0.1, 0.15) is 11.5 Å². The minimum Gasteiger partial charge on any atom is -0.496 e. The van der Waals surface area contributed by atoms with Crippen molar-refractivity contribution in [1.29, 1.82) is 0 Å². The van der Waals surface area contributed by atoms with E-state index in [2.05, 4.69) is 21.7 Å². The van der Waals surface area contributed by atoms with Crippen LogP contribution in [0.3, 0.4) is 0 Å². The third-order valence-electron chi connectivity index (χ3n) is 3.51. The van der Waals surface area contributed by atoms with Crippen molar-refractivity contribution < 1.29 is 15.2 Å². The topological polar surface area (TPSA) is 46.1 Å². The number of halogens is 1. The normalized spacial score (nSPS) is 26.2. The molecule has 0 fully saturated rings. The van der Waals surface area contributed by atoms with Gasteiger partial charge < -0.3 is 15.2 Å². The van der Waals surface area contributed by atoms with Gasteiger partial charge in [-0.25, -0.2) is 0 Å². The van der Waals surface area contributed by atoms with Gasteiger partial charge in [0.15, 0.2) is 0 Å². The Labute approximate surface area is 103 Å². The molecule has 3 N–H and O–H groups in total. The van der Waals surface area contributed by atoms with Crippen LogP contribution in [-0.4, -0.2) is 19.8 Å². The predicted octanol–water partition coefficient (Wildman–Crippen LogP) is 1.49. The van der Waals surface area contributed by atoms with Gasteiger partial charge in [0, 0.05) is 29.9 Å². The van der Waals surface area contributed by atoms with Crippen molar-refractivity contribution in [2.45, 2.75) is 24.8 Å². The first kappa shape index (κ1) is 10.4. The first-order valence-electron chi connectivity index (χ1n) is 5.55. The van der Waals surface area contributed by atoms with Crippen molar-refractivity contribution in [2.75, 3.05) is 13.7 Å². The van der Waals surface area contributed by atoms with Crippen molar-refractivity contribution in [3.8, 4) is 11.5 Å². The molecule has 0 spiro atoms. The molecule has 2 atom stereocenters. The van der Waals surface area contributed by atoms with Gasteiger partial charge in [-0.05, 0) is 22.0 Å². The Morgan fingerprint density at radius 3 is 3.12 bits per heavy atom. The molecule has 0 radical (unpaired) electrons. The Hall–Kier alpha value is -0.740. The van der Waals surface area contributed by atoms with E-state index in [0.717, 1.165) is 35.4 Å². The van der Waals surface area contributed by atoms with E-state index in [4.69, 9.17) is 9.47 Å². The zero-order valence-electron chi connectivity index (χ0n) is 9.25. The SMILES string of the molecule is COc1cc(Br)c2c3c1C[C@H]([NH3+])C[C@H]3CO2. The highest BCUT2D eigenvalue weighted by atomic mass is 79.9. The van der Waals surface area contributed by atoms with E-state index in [1.165, 1.54) is 11.1 Å². The van der Waals surface area contributed by atoms with Crippen LogP contribution in [0.15, 0.2) is 10.5 Å². The van der Waals surface area contributed by atoms with Crippen LogP contribution in [0.25, 0.3) is 0 Å². The fourth-order valence-electron chi connectivity index (χ4n) is 2.86. The molecule has 3 nitrogen and oxygen atoms in total. The molecule has 2 aliphatic rings. The Morgan fingerprint density at radius 2 is 2.38 bits per heavy atom. The Kier molecular flexibility index (Phi) is 2.37. The van der Waals surface area contributed by atoms with Gasteiger partial charge >= 0.3 is 0 Å². The molecule has 1 aromatic rings. The zero-order valence-corrected chi connectivity index (χ0v) is 10.8. The van der Waals surface area contributed by atoms with Gasteiger partial charge in [0.2, 0.25) is 0 Å². The zero-order chi connectivity index (χ0) is 11.3. The van der Waals surface area contributed by atoms with Crippen LogP contribution in [0.5, 0.6) is 11.5 Å². The van der Waals surface area contributed by atoms with Crippen molar-refractivity contribution in [3.05, 3.63) is 21.7 Å². The quantitative estimate of drug-likeness (QED) is 0.849. The molecule has 1 heterocycles. The highest BCUT2D eigenvalue weighted by Crippen LogP contribution is 2.49. The van der Waals surface area contributed by atoms with Gasteiger partial charge in [-0.1, -0.05) is 0 Å². The van der Waals surface area contributed by atoms with E-state index < -0.39 is 0 Å². The largest absolute Gasteiger partial charge is 0.496 e. The Bertz CT molecular complexity index is 447. The molecule has 0 aromatic heterocycles. The molecule has 3 rings (SSSR count). The highest BCUT2D eigenvalue weighted by Gasteiger charge is 2.37. The van der Waals surface area contributed by atoms with Gasteiger partial charge in [-0.3, -0.25) is 0 Å². The summed E-state index contributed by atoms with van der Waals surface area (Å²) in [6, 6.07) is 2.48. The molecule has 86 valence electrons. The van der Waals surface area contributed by atoms with Crippen molar-refractivity contribution in [3.63, 3.8) is 0 Å². The van der Waals surface area contributed by atoms with Crippen LogP contribution in [0.2, 0.25) is 0 Å². The number of hydrogen-bond acceptors (Lipinski definition) is 2. The smallest absolute Gasteiger partial charge is 0.137 e. The summed E-state index contributed by atoms with van der Waals surface area (Å²) in [5, 5.41) is 0. The minimum absolute atomic E-state index is 0.474. The summed E-state index contributed by atoms with van der Waals surface area (Å²) in [6.07, 6.45) is 2.12. The second-order valence-corrected chi connectivity index (χ2v) is 5.45. The summed E-state index contributed by atoms with van der Waals surface area (Å²) in [5.41, 5.74) is 6.85. The number of benzene rings is 1. The fourth-order valence-corrected chi connectivity index (χ4v) is 3.40. The summed E-state index contributed by atoms with van der Waals surface area (Å²) in [5.74, 6) is 2.50. The monoisotopic (exact) mass is 284 g/mol. The minimum atomic E-state index is 0.474. The molecular weight excluding hydrogens is 270 g/mol. The molecule has 0 bridgehead atoms. The van der Waals surface area contributed by atoms with Crippen LogP contribution in [0.1, 0.15) is 23.5 Å². The number of methoxy groups -OCH3 is 1. The molecule has 0 amide bonds. The molecule has 1 aliphatic heterocycles. The van der Waals surface area contributed by atoms with Gasteiger partial charge in [0.05, 0.1) is 24.2 Å². The first-order chi connectivity index (χ1) is 7.70. The predicted molar refractivity (Wildman–Crippen MR) is 63.9 cm³/mol. The van der Waals surface area contributed by atoms with Crippen LogP contribution < -0.4 is 15.2 Å². The molecule has 0 saturated carbocycles. The Balaban J connectivity index is 2.23. The summed E-state index contributed by atoms with van der Waals surface area (Å²) in [7, 11) is 1.72. The lowest BCUT2D eigenvalue weighted by atomic mass is 9.81. The number of rotatable bonds is 1. The van der Waals surface area contributed by atoms with Gasteiger partial charge in [-0.2, -0.15) is 0 Å². The lowest BCUT2D eigenvalue weighted by Gasteiger charge is -2.24.